The molecule has 0 aromatic rings. The zero-order chi connectivity index (χ0) is 14.7. The standard InChI is InChI=1S/C20H35/c1-3-5-7-9-11-13-15-17-19-20-18-16-14-12-10-8-6-4-2/h9,11-12,14,18,20H,1,3-8,10,13,15-17,19H2,2H3. The van der Waals surface area contributed by atoms with Gasteiger partial charge in [-0.05, 0) is 57.8 Å². The highest BCUT2D eigenvalue weighted by Gasteiger charge is 1.84. The third kappa shape index (κ3) is 17.2. The zero-order valence-corrected chi connectivity index (χ0v) is 13.7. The van der Waals surface area contributed by atoms with Crippen molar-refractivity contribution in [2.24, 2.45) is 0 Å². The maximum Gasteiger partial charge on any atom is -0.0169 e. The molecule has 0 aromatic carbocycles. The van der Waals surface area contributed by atoms with Crippen molar-refractivity contribution in [3.05, 3.63) is 43.4 Å². The quantitative estimate of drug-likeness (QED) is 0.232. The van der Waals surface area contributed by atoms with Crippen molar-refractivity contribution in [1.82, 2.24) is 0 Å². The van der Waals surface area contributed by atoms with Crippen LogP contribution >= 0.6 is 0 Å². The van der Waals surface area contributed by atoms with Crippen LogP contribution in [-0.4, -0.2) is 0 Å². The predicted molar refractivity (Wildman–Crippen MR) is 93.9 cm³/mol. The van der Waals surface area contributed by atoms with E-state index in [2.05, 4.69) is 50.3 Å². The summed E-state index contributed by atoms with van der Waals surface area (Å²) in [6.45, 7) is 6.10. The van der Waals surface area contributed by atoms with Crippen LogP contribution in [0.4, 0.5) is 0 Å². The number of unbranched alkanes of at least 4 members (excludes halogenated alkanes) is 8. The van der Waals surface area contributed by atoms with Gasteiger partial charge in [0.1, 0.15) is 0 Å². The van der Waals surface area contributed by atoms with Crippen LogP contribution in [0.3, 0.4) is 0 Å². The Balaban J connectivity index is 3.21. The second kappa shape index (κ2) is 18.2. The highest BCUT2D eigenvalue weighted by molar-refractivity contribution is 4.92. The Morgan fingerprint density at radius 3 is 1.55 bits per heavy atom. The summed E-state index contributed by atoms with van der Waals surface area (Å²) in [5, 5.41) is 0. The second-order valence-corrected chi connectivity index (χ2v) is 5.43. The normalized spacial score (nSPS) is 12.3. The SMILES string of the molecule is [CH2]CCCC=CCCCCC=CCC=CCCCCC. The van der Waals surface area contributed by atoms with E-state index in [9.17, 15) is 0 Å². The van der Waals surface area contributed by atoms with Crippen molar-refractivity contribution in [3.8, 4) is 0 Å². The first-order chi connectivity index (χ1) is 9.91. The number of hydrogen-bond donors (Lipinski definition) is 0. The van der Waals surface area contributed by atoms with Crippen LogP contribution in [0.15, 0.2) is 36.5 Å². The molecule has 0 aromatic heterocycles. The molecule has 0 saturated carbocycles. The molecule has 0 N–H and O–H groups in total. The van der Waals surface area contributed by atoms with Crippen LogP contribution in [0.25, 0.3) is 0 Å². The molecule has 1 radical (unpaired) electrons. The fraction of sp³-hybridized carbons (Fsp3) is 0.650. The Kier molecular flexibility index (Phi) is 17.5. The van der Waals surface area contributed by atoms with E-state index in [0.717, 1.165) is 12.8 Å². The Bertz CT molecular complexity index is 245. The van der Waals surface area contributed by atoms with Crippen LogP contribution < -0.4 is 0 Å². The molecule has 0 aliphatic heterocycles. The van der Waals surface area contributed by atoms with Gasteiger partial charge in [0.15, 0.2) is 0 Å². The molecule has 0 saturated heterocycles. The Hall–Kier alpha value is -0.780. The maximum atomic E-state index is 3.85. The summed E-state index contributed by atoms with van der Waals surface area (Å²) in [5.74, 6) is 0. The van der Waals surface area contributed by atoms with Crippen molar-refractivity contribution in [3.63, 3.8) is 0 Å². The van der Waals surface area contributed by atoms with E-state index in [1.807, 2.05) is 0 Å². The van der Waals surface area contributed by atoms with Crippen LogP contribution in [0, 0.1) is 6.92 Å². The van der Waals surface area contributed by atoms with Gasteiger partial charge in [0.2, 0.25) is 0 Å². The minimum atomic E-state index is 1.06. The molecule has 0 atom stereocenters. The van der Waals surface area contributed by atoms with Crippen LogP contribution in [0.1, 0.15) is 84.0 Å². The molecule has 115 valence electrons. The molecule has 0 aliphatic carbocycles. The molecule has 0 heteroatoms. The van der Waals surface area contributed by atoms with Crippen LogP contribution in [0.5, 0.6) is 0 Å². The van der Waals surface area contributed by atoms with Gasteiger partial charge < -0.3 is 0 Å². The van der Waals surface area contributed by atoms with Gasteiger partial charge in [-0.25, -0.2) is 0 Å². The number of rotatable bonds is 14. The Morgan fingerprint density at radius 2 is 1.05 bits per heavy atom. The maximum absolute atomic E-state index is 3.85. The highest BCUT2D eigenvalue weighted by Crippen LogP contribution is 2.04. The third-order valence-electron chi connectivity index (χ3n) is 3.36. The Morgan fingerprint density at radius 1 is 0.600 bits per heavy atom. The predicted octanol–water partition coefficient (Wildman–Crippen LogP) is 7.19. The lowest BCUT2D eigenvalue weighted by molar-refractivity contribution is 0.728. The minimum absolute atomic E-state index is 1.06. The largest absolute Gasteiger partial charge is 0.0885 e. The van der Waals surface area contributed by atoms with E-state index in [4.69, 9.17) is 0 Å². The molecule has 0 heterocycles. The lowest BCUT2D eigenvalue weighted by Gasteiger charge is -1.94. The molecule has 0 spiro atoms. The lowest BCUT2D eigenvalue weighted by Crippen LogP contribution is -1.73. The fourth-order valence-corrected chi connectivity index (χ4v) is 2.04. The van der Waals surface area contributed by atoms with E-state index >= 15 is 0 Å². The minimum Gasteiger partial charge on any atom is -0.0885 e. The van der Waals surface area contributed by atoms with E-state index in [1.165, 1.54) is 64.2 Å². The van der Waals surface area contributed by atoms with Gasteiger partial charge in [-0.15, -0.1) is 0 Å². The van der Waals surface area contributed by atoms with Crippen molar-refractivity contribution < 1.29 is 0 Å². The molecule has 0 amide bonds. The molecule has 0 nitrogen and oxygen atoms in total. The van der Waals surface area contributed by atoms with Crippen molar-refractivity contribution in [2.45, 2.75) is 84.0 Å². The van der Waals surface area contributed by atoms with Crippen LogP contribution in [-0.2, 0) is 0 Å². The monoisotopic (exact) mass is 275 g/mol. The smallest absolute Gasteiger partial charge is 0.0169 e. The van der Waals surface area contributed by atoms with Gasteiger partial charge in [-0.1, -0.05) is 69.6 Å². The number of allylic oxidation sites excluding steroid dienone is 6. The molecular formula is C20H35. The third-order valence-corrected chi connectivity index (χ3v) is 3.36. The molecule has 0 aliphatic rings. The molecular weight excluding hydrogens is 240 g/mol. The lowest BCUT2D eigenvalue weighted by atomic mass is 10.1. The summed E-state index contributed by atoms with van der Waals surface area (Å²) in [7, 11) is 0. The fourth-order valence-electron chi connectivity index (χ4n) is 2.04. The average Bonchev–Trinajstić information content (AvgIpc) is 2.47. The number of hydrogen-bond acceptors (Lipinski definition) is 0. The first-order valence-corrected chi connectivity index (χ1v) is 8.66. The second-order valence-electron chi connectivity index (χ2n) is 5.43. The van der Waals surface area contributed by atoms with Gasteiger partial charge in [0, 0.05) is 0 Å². The molecule has 0 bridgehead atoms. The highest BCUT2D eigenvalue weighted by atomic mass is 13.9. The Labute approximate surface area is 128 Å². The summed E-state index contributed by atoms with van der Waals surface area (Å²) in [5.41, 5.74) is 0. The summed E-state index contributed by atoms with van der Waals surface area (Å²) in [4.78, 5) is 0. The van der Waals surface area contributed by atoms with Gasteiger partial charge in [0.05, 0.1) is 0 Å². The molecule has 0 fully saturated rings. The first-order valence-electron chi connectivity index (χ1n) is 8.66. The van der Waals surface area contributed by atoms with Crippen LogP contribution in [0.2, 0.25) is 0 Å². The van der Waals surface area contributed by atoms with Gasteiger partial charge in [-0.3, -0.25) is 0 Å². The zero-order valence-electron chi connectivity index (χ0n) is 13.7. The van der Waals surface area contributed by atoms with Gasteiger partial charge in [-0.2, -0.15) is 0 Å². The van der Waals surface area contributed by atoms with E-state index in [-0.39, 0.29) is 0 Å². The average molecular weight is 276 g/mol. The molecule has 20 heavy (non-hydrogen) atoms. The van der Waals surface area contributed by atoms with E-state index in [1.54, 1.807) is 0 Å². The summed E-state index contributed by atoms with van der Waals surface area (Å²) in [6.07, 6.45) is 28.9. The van der Waals surface area contributed by atoms with Crippen molar-refractivity contribution in [2.75, 3.05) is 0 Å². The van der Waals surface area contributed by atoms with Gasteiger partial charge in [0.25, 0.3) is 0 Å². The first kappa shape index (κ1) is 19.2. The molecule has 0 rings (SSSR count). The van der Waals surface area contributed by atoms with E-state index < -0.39 is 0 Å². The summed E-state index contributed by atoms with van der Waals surface area (Å²) < 4.78 is 0. The van der Waals surface area contributed by atoms with E-state index in [0.29, 0.717) is 0 Å². The summed E-state index contributed by atoms with van der Waals surface area (Å²) in [6, 6.07) is 0. The van der Waals surface area contributed by atoms with Gasteiger partial charge >= 0.3 is 0 Å². The van der Waals surface area contributed by atoms with Crippen molar-refractivity contribution >= 4 is 0 Å². The van der Waals surface area contributed by atoms with Crippen molar-refractivity contribution in [1.29, 1.82) is 0 Å². The summed E-state index contributed by atoms with van der Waals surface area (Å²) >= 11 is 0. The molecule has 0 unspecified atom stereocenters. The topological polar surface area (TPSA) is 0 Å².